The fourth-order valence-electron chi connectivity index (χ4n) is 3.15. The number of unbranched alkanes of at least 4 members (excludes halogenated alkanes) is 1. The Hall–Kier alpha value is -1.14. The maximum absolute atomic E-state index is 12.6. The summed E-state index contributed by atoms with van der Waals surface area (Å²) < 4.78 is 0. The maximum atomic E-state index is 12.6. The third kappa shape index (κ3) is 8.60. The fraction of sp³-hybridized carbons (Fsp3) is 0.619. The number of phenols is 1. The first-order valence-corrected chi connectivity index (χ1v) is 12.2. The number of carbonyl (C=O) groups is 2. The van der Waals surface area contributed by atoms with Crippen molar-refractivity contribution in [2.45, 2.75) is 70.1 Å². The third-order valence-corrected chi connectivity index (χ3v) is 7.62. The summed E-state index contributed by atoms with van der Waals surface area (Å²) in [6, 6.07) is 6.33. The number of phenolic OH excluding ortho intramolecular Hbond substituents is 1. The molecule has 1 aliphatic heterocycles. The molecule has 150 valence electrons. The number of carbonyl (C=O) groups excluding carboxylic acids is 2. The van der Waals surface area contributed by atoms with Crippen molar-refractivity contribution in [2.24, 2.45) is 5.92 Å². The molecule has 27 heavy (non-hydrogen) atoms. The average Bonchev–Trinajstić information content (AvgIpc) is 3.13. The lowest BCUT2D eigenvalue weighted by Crippen LogP contribution is -2.42. The van der Waals surface area contributed by atoms with Gasteiger partial charge in [0.1, 0.15) is 5.75 Å². The van der Waals surface area contributed by atoms with E-state index in [0.29, 0.717) is 19.3 Å². The Labute approximate surface area is 170 Å². The maximum Gasteiger partial charge on any atom is 0.220 e. The molecule has 2 rings (SSSR count). The van der Waals surface area contributed by atoms with Gasteiger partial charge >= 0.3 is 0 Å². The van der Waals surface area contributed by atoms with E-state index in [0.717, 1.165) is 23.7 Å². The van der Waals surface area contributed by atoms with Crippen molar-refractivity contribution in [3.63, 3.8) is 0 Å². The summed E-state index contributed by atoms with van der Waals surface area (Å²) >= 11 is 0. The Morgan fingerprint density at radius 2 is 1.96 bits per heavy atom. The number of amides is 1. The van der Waals surface area contributed by atoms with E-state index in [1.807, 2.05) is 35.4 Å². The molecule has 1 unspecified atom stereocenters. The number of benzene rings is 1. The highest BCUT2D eigenvalue weighted by Gasteiger charge is 2.22. The Balaban J connectivity index is 1.82. The third-order valence-electron chi connectivity index (χ3n) is 4.62. The number of hydrogen-bond acceptors (Lipinski definition) is 5. The van der Waals surface area contributed by atoms with Crippen LogP contribution in [0.15, 0.2) is 24.3 Å². The van der Waals surface area contributed by atoms with Crippen LogP contribution < -0.4 is 5.32 Å². The normalized spacial score (nSPS) is 17.8. The second kappa shape index (κ2) is 11.6. The van der Waals surface area contributed by atoms with Gasteiger partial charge in [0, 0.05) is 23.8 Å². The molecule has 0 saturated carbocycles. The van der Waals surface area contributed by atoms with Crippen molar-refractivity contribution in [1.82, 2.24) is 5.32 Å². The highest BCUT2D eigenvalue weighted by molar-refractivity contribution is 8.77. The van der Waals surface area contributed by atoms with E-state index < -0.39 is 6.04 Å². The Kier molecular flexibility index (Phi) is 9.56. The van der Waals surface area contributed by atoms with E-state index in [1.165, 1.54) is 18.6 Å². The van der Waals surface area contributed by atoms with E-state index in [9.17, 15) is 14.7 Å². The van der Waals surface area contributed by atoms with Gasteiger partial charge in [-0.2, -0.15) is 0 Å². The molecule has 0 spiro atoms. The van der Waals surface area contributed by atoms with Crippen molar-refractivity contribution in [3.05, 3.63) is 29.8 Å². The van der Waals surface area contributed by atoms with Crippen LogP contribution in [0.2, 0.25) is 0 Å². The zero-order valence-electron chi connectivity index (χ0n) is 16.3. The van der Waals surface area contributed by atoms with Gasteiger partial charge in [0.15, 0.2) is 5.78 Å². The molecule has 1 aromatic rings. The van der Waals surface area contributed by atoms with E-state index >= 15 is 0 Å². The molecule has 0 radical (unpaired) electrons. The summed E-state index contributed by atoms with van der Waals surface area (Å²) in [5.41, 5.74) is 0.936. The van der Waals surface area contributed by atoms with Gasteiger partial charge in [-0.15, -0.1) is 0 Å². The largest absolute Gasteiger partial charge is 0.508 e. The summed E-state index contributed by atoms with van der Waals surface area (Å²) in [5.74, 6) is 1.74. The zero-order valence-corrected chi connectivity index (χ0v) is 17.9. The van der Waals surface area contributed by atoms with Crippen LogP contribution in [0.1, 0.15) is 57.9 Å². The number of Topliss-reactive ketones (excluding diaryl/α,β-unsaturated/α-hetero) is 1. The average molecular weight is 410 g/mol. The number of ketones is 1. The monoisotopic (exact) mass is 409 g/mol. The van der Waals surface area contributed by atoms with Crippen LogP contribution >= 0.6 is 21.6 Å². The molecule has 0 aromatic heterocycles. The van der Waals surface area contributed by atoms with Crippen molar-refractivity contribution >= 4 is 33.3 Å². The molecule has 2 atom stereocenters. The van der Waals surface area contributed by atoms with Crippen LogP contribution in [0, 0.1) is 5.92 Å². The van der Waals surface area contributed by atoms with Gasteiger partial charge in [-0.05, 0) is 49.3 Å². The van der Waals surface area contributed by atoms with Crippen molar-refractivity contribution in [3.8, 4) is 5.75 Å². The van der Waals surface area contributed by atoms with Crippen LogP contribution in [-0.2, 0) is 16.0 Å². The number of hydrogen-bond donors (Lipinski definition) is 2. The predicted octanol–water partition coefficient (Wildman–Crippen LogP) is 4.75. The van der Waals surface area contributed by atoms with Crippen LogP contribution in [0.5, 0.6) is 5.75 Å². The number of rotatable bonds is 11. The van der Waals surface area contributed by atoms with Gasteiger partial charge in [-0.1, -0.05) is 54.0 Å². The lowest BCUT2D eigenvalue weighted by Gasteiger charge is -2.19. The zero-order chi connectivity index (χ0) is 19.6. The molecule has 1 aromatic carbocycles. The van der Waals surface area contributed by atoms with Crippen LogP contribution in [0.25, 0.3) is 0 Å². The Bertz CT molecular complexity index is 598. The predicted molar refractivity (Wildman–Crippen MR) is 115 cm³/mol. The highest BCUT2D eigenvalue weighted by Crippen LogP contribution is 2.39. The van der Waals surface area contributed by atoms with Crippen LogP contribution in [0.3, 0.4) is 0 Å². The smallest absolute Gasteiger partial charge is 0.220 e. The quantitative estimate of drug-likeness (QED) is 0.408. The fourth-order valence-corrected chi connectivity index (χ4v) is 6.17. The van der Waals surface area contributed by atoms with Crippen molar-refractivity contribution < 1.29 is 14.7 Å². The lowest BCUT2D eigenvalue weighted by atomic mass is 9.96. The molecule has 4 nitrogen and oxygen atoms in total. The minimum absolute atomic E-state index is 0.0377. The van der Waals surface area contributed by atoms with Gasteiger partial charge in [0.25, 0.3) is 0 Å². The molecule has 1 heterocycles. The first-order valence-electron chi connectivity index (χ1n) is 9.82. The SMILES string of the molecule is CC(C)CC(=O)C(Cc1ccc(O)cc1)NC(=O)CCCC[C@@H]1CCSS1. The standard InChI is InChI=1S/C21H31NO3S2/c1-15(2)13-20(24)19(14-16-7-9-17(23)10-8-16)22-21(25)6-4-3-5-18-11-12-26-27-18/h7-10,15,18-19,23H,3-6,11-14H2,1-2H3,(H,22,25)/t18-,19?/m1/s1. The Morgan fingerprint density at radius 3 is 2.59 bits per heavy atom. The van der Waals surface area contributed by atoms with E-state index in [2.05, 4.69) is 5.32 Å². The van der Waals surface area contributed by atoms with Gasteiger partial charge < -0.3 is 10.4 Å². The number of aromatic hydroxyl groups is 1. The first kappa shape index (κ1) is 22.2. The van der Waals surface area contributed by atoms with E-state index in [4.69, 9.17) is 0 Å². The van der Waals surface area contributed by atoms with E-state index in [1.54, 1.807) is 24.3 Å². The molecule has 2 N–H and O–H groups in total. The minimum Gasteiger partial charge on any atom is -0.508 e. The highest BCUT2D eigenvalue weighted by atomic mass is 33.1. The first-order chi connectivity index (χ1) is 12.9. The van der Waals surface area contributed by atoms with Crippen molar-refractivity contribution in [2.75, 3.05) is 5.75 Å². The molecule has 0 bridgehead atoms. The second-order valence-corrected chi connectivity index (χ2v) is 10.4. The van der Waals surface area contributed by atoms with Crippen LogP contribution in [0.4, 0.5) is 0 Å². The van der Waals surface area contributed by atoms with Gasteiger partial charge in [0.2, 0.25) is 5.91 Å². The summed E-state index contributed by atoms with van der Waals surface area (Å²) in [5, 5.41) is 13.1. The molecule has 6 heteroatoms. The topological polar surface area (TPSA) is 66.4 Å². The molecular weight excluding hydrogens is 378 g/mol. The molecule has 0 aliphatic carbocycles. The second-order valence-electron chi connectivity index (χ2n) is 7.63. The summed E-state index contributed by atoms with van der Waals surface area (Å²) in [7, 11) is 3.93. The Morgan fingerprint density at radius 1 is 1.22 bits per heavy atom. The van der Waals surface area contributed by atoms with Gasteiger partial charge in [0.05, 0.1) is 6.04 Å². The molecule has 1 saturated heterocycles. The number of nitrogens with one attached hydrogen (secondary N) is 1. The van der Waals surface area contributed by atoms with E-state index in [-0.39, 0.29) is 23.4 Å². The summed E-state index contributed by atoms with van der Waals surface area (Å²) in [6.45, 7) is 4.02. The summed E-state index contributed by atoms with van der Waals surface area (Å²) in [6.07, 6.45) is 5.79. The summed E-state index contributed by atoms with van der Waals surface area (Å²) in [4.78, 5) is 25.0. The van der Waals surface area contributed by atoms with Gasteiger partial charge in [-0.25, -0.2) is 0 Å². The molecule has 1 amide bonds. The molecule has 1 fully saturated rings. The lowest BCUT2D eigenvalue weighted by molar-refractivity contribution is -0.128. The molecular formula is C21H31NO3S2. The van der Waals surface area contributed by atoms with Crippen molar-refractivity contribution in [1.29, 1.82) is 0 Å². The minimum atomic E-state index is -0.494. The van der Waals surface area contributed by atoms with Crippen LogP contribution in [-0.4, -0.2) is 33.8 Å². The molecule has 1 aliphatic rings. The van der Waals surface area contributed by atoms with Gasteiger partial charge in [-0.3, -0.25) is 9.59 Å².